The van der Waals surface area contributed by atoms with E-state index >= 15 is 0 Å². The predicted octanol–water partition coefficient (Wildman–Crippen LogP) is 3.01. The molecular weight excluding hydrogens is 332 g/mol. The molecule has 1 aliphatic rings. The molecule has 136 valence electrons. The molecule has 0 saturated heterocycles. The highest BCUT2D eigenvalue weighted by Gasteiger charge is 2.28. The van der Waals surface area contributed by atoms with Crippen molar-refractivity contribution < 1.29 is 19.1 Å². The predicted molar refractivity (Wildman–Crippen MR) is 99.9 cm³/mol. The van der Waals surface area contributed by atoms with Crippen LogP contribution in [0.3, 0.4) is 0 Å². The monoisotopic (exact) mass is 354 g/mol. The highest BCUT2D eigenvalue weighted by Crippen LogP contribution is 2.35. The van der Waals surface area contributed by atoms with Crippen molar-refractivity contribution in [2.75, 3.05) is 23.9 Å². The third-order valence-electron chi connectivity index (χ3n) is 4.29. The van der Waals surface area contributed by atoms with Crippen LogP contribution >= 0.6 is 0 Å². The molecule has 0 aromatic heterocycles. The minimum atomic E-state index is -0.548. The SMILES string of the molecule is CCc1ccc(OCC(=O)Nc2ccc3c(c2)OC(C)C(=O)N3C)cc1. The number of benzene rings is 2. The summed E-state index contributed by atoms with van der Waals surface area (Å²) in [5.41, 5.74) is 2.49. The van der Waals surface area contributed by atoms with Gasteiger partial charge >= 0.3 is 0 Å². The molecule has 1 atom stereocenters. The van der Waals surface area contributed by atoms with Crippen molar-refractivity contribution in [3.63, 3.8) is 0 Å². The van der Waals surface area contributed by atoms with Crippen LogP contribution in [0.2, 0.25) is 0 Å². The largest absolute Gasteiger partial charge is 0.484 e. The van der Waals surface area contributed by atoms with Gasteiger partial charge in [0.25, 0.3) is 11.8 Å². The molecule has 2 amide bonds. The van der Waals surface area contributed by atoms with E-state index in [1.54, 1.807) is 37.1 Å². The van der Waals surface area contributed by atoms with Crippen molar-refractivity contribution in [1.29, 1.82) is 0 Å². The summed E-state index contributed by atoms with van der Waals surface area (Å²) in [6.07, 6.45) is 0.411. The lowest BCUT2D eigenvalue weighted by molar-refractivity contribution is -0.125. The van der Waals surface area contributed by atoms with Crippen molar-refractivity contribution in [2.24, 2.45) is 0 Å². The van der Waals surface area contributed by atoms with Crippen LogP contribution in [0.1, 0.15) is 19.4 Å². The lowest BCUT2D eigenvalue weighted by atomic mass is 10.2. The second kappa shape index (κ2) is 7.47. The maximum Gasteiger partial charge on any atom is 0.267 e. The first-order valence-electron chi connectivity index (χ1n) is 8.57. The van der Waals surface area contributed by atoms with Gasteiger partial charge in [0.15, 0.2) is 12.7 Å². The lowest BCUT2D eigenvalue weighted by Gasteiger charge is -2.30. The molecule has 1 N–H and O–H groups in total. The van der Waals surface area contributed by atoms with E-state index < -0.39 is 6.10 Å². The number of hydrogen-bond donors (Lipinski definition) is 1. The number of carbonyl (C=O) groups is 2. The summed E-state index contributed by atoms with van der Waals surface area (Å²) < 4.78 is 11.1. The zero-order valence-electron chi connectivity index (χ0n) is 15.1. The third kappa shape index (κ3) is 3.79. The van der Waals surface area contributed by atoms with Gasteiger partial charge in [0, 0.05) is 18.8 Å². The lowest BCUT2D eigenvalue weighted by Crippen LogP contribution is -2.41. The quantitative estimate of drug-likeness (QED) is 0.896. The van der Waals surface area contributed by atoms with E-state index in [0.717, 1.165) is 6.42 Å². The Morgan fingerprint density at radius 3 is 2.65 bits per heavy atom. The van der Waals surface area contributed by atoms with Gasteiger partial charge in [0.2, 0.25) is 0 Å². The van der Waals surface area contributed by atoms with Gasteiger partial charge in [0.1, 0.15) is 11.5 Å². The van der Waals surface area contributed by atoms with Gasteiger partial charge in [-0.15, -0.1) is 0 Å². The molecular formula is C20H22N2O4. The molecule has 1 unspecified atom stereocenters. The first-order valence-corrected chi connectivity index (χ1v) is 8.57. The molecule has 2 aromatic rings. The van der Waals surface area contributed by atoms with E-state index in [1.165, 1.54) is 5.56 Å². The number of nitrogens with one attached hydrogen (secondary N) is 1. The molecule has 3 rings (SSSR count). The number of likely N-dealkylation sites (N-methyl/N-ethyl adjacent to an activating group) is 1. The number of aryl methyl sites for hydroxylation is 1. The summed E-state index contributed by atoms with van der Waals surface area (Å²) in [5, 5.41) is 2.78. The summed E-state index contributed by atoms with van der Waals surface area (Å²) in [4.78, 5) is 25.6. The minimum absolute atomic E-state index is 0.0851. The molecule has 1 aliphatic heterocycles. The van der Waals surface area contributed by atoms with Crippen molar-refractivity contribution >= 4 is 23.2 Å². The Hall–Kier alpha value is -3.02. The summed E-state index contributed by atoms with van der Waals surface area (Å²) >= 11 is 0. The summed E-state index contributed by atoms with van der Waals surface area (Å²) in [5.74, 6) is 0.850. The second-order valence-electron chi connectivity index (χ2n) is 6.17. The highest BCUT2D eigenvalue weighted by molar-refractivity contribution is 6.00. The highest BCUT2D eigenvalue weighted by atomic mass is 16.5. The topological polar surface area (TPSA) is 67.9 Å². The average molecular weight is 354 g/mol. The zero-order chi connectivity index (χ0) is 18.7. The molecule has 0 radical (unpaired) electrons. The number of carbonyl (C=O) groups excluding carboxylic acids is 2. The van der Waals surface area contributed by atoms with Gasteiger partial charge in [-0.25, -0.2) is 0 Å². The fourth-order valence-corrected chi connectivity index (χ4v) is 2.76. The summed E-state index contributed by atoms with van der Waals surface area (Å²) in [7, 11) is 1.70. The first-order chi connectivity index (χ1) is 12.5. The normalized spacial score (nSPS) is 15.9. The van der Waals surface area contributed by atoms with Gasteiger partial charge in [-0.2, -0.15) is 0 Å². The van der Waals surface area contributed by atoms with Crippen molar-refractivity contribution in [3.8, 4) is 11.5 Å². The van der Waals surface area contributed by atoms with Crippen LogP contribution in [0, 0.1) is 0 Å². The molecule has 0 spiro atoms. The van der Waals surface area contributed by atoms with Crippen molar-refractivity contribution in [3.05, 3.63) is 48.0 Å². The molecule has 1 heterocycles. The molecule has 0 bridgehead atoms. The maximum atomic E-state index is 12.1. The Morgan fingerprint density at radius 2 is 1.96 bits per heavy atom. The minimum Gasteiger partial charge on any atom is -0.484 e. The molecule has 0 aliphatic carbocycles. The molecule has 26 heavy (non-hydrogen) atoms. The van der Waals surface area contributed by atoms with E-state index in [-0.39, 0.29) is 18.4 Å². The van der Waals surface area contributed by atoms with Gasteiger partial charge < -0.3 is 19.7 Å². The third-order valence-corrected chi connectivity index (χ3v) is 4.29. The smallest absolute Gasteiger partial charge is 0.267 e. The van der Waals surface area contributed by atoms with E-state index in [1.807, 2.05) is 24.3 Å². The maximum absolute atomic E-state index is 12.1. The van der Waals surface area contributed by atoms with Crippen LogP contribution in [0.25, 0.3) is 0 Å². The standard InChI is InChI=1S/C20H22N2O4/c1-4-14-5-8-16(9-6-14)25-12-19(23)21-15-7-10-17-18(11-15)26-13(2)20(24)22(17)3/h5-11,13H,4,12H2,1-3H3,(H,21,23). The number of anilines is 2. The Kier molecular flexibility index (Phi) is 5.11. The number of amides is 2. The van der Waals surface area contributed by atoms with Gasteiger partial charge in [-0.05, 0) is 43.2 Å². The van der Waals surface area contributed by atoms with Crippen LogP contribution < -0.4 is 19.7 Å². The van der Waals surface area contributed by atoms with Crippen LogP contribution in [-0.2, 0) is 16.0 Å². The molecule has 0 fully saturated rings. The molecule has 6 heteroatoms. The zero-order valence-corrected chi connectivity index (χ0v) is 15.1. The van der Waals surface area contributed by atoms with Crippen LogP contribution in [0.5, 0.6) is 11.5 Å². The second-order valence-corrected chi connectivity index (χ2v) is 6.17. The number of nitrogens with zero attached hydrogens (tertiary/aromatic N) is 1. The Labute approximate surface area is 152 Å². The van der Waals surface area contributed by atoms with E-state index in [4.69, 9.17) is 9.47 Å². The summed E-state index contributed by atoms with van der Waals surface area (Å²) in [6, 6.07) is 12.9. The molecule has 2 aromatic carbocycles. The average Bonchev–Trinajstić information content (AvgIpc) is 2.65. The van der Waals surface area contributed by atoms with Crippen LogP contribution in [0.15, 0.2) is 42.5 Å². The number of ether oxygens (including phenoxy) is 2. The van der Waals surface area contributed by atoms with Gasteiger partial charge in [-0.3, -0.25) is 9.59 Å². The van der Waals surface area contributed by atoms with Crippen molar-refractivity contribution in [2.45, 2.75) is 26.4 Å². The fourth-order valence-electron chi connectivity index (χ4n) is 2.76. The Balaban J connectivity index is 1.61. The van der Waals surface area contributed by atoms with Crippen LogP contribution in [-0.4, -0.2) is 31.6 Å². The Morgan fingerprint density at radius 1 is 1.23 bits per heavy atom. The first kappa shape index (κ1) is 17.8. The van der Waals surface area contributed by atoms with E-state index in [0.29, 0.717) is 22.9 Å². The number of hydrogen-bond acceptors (Lipinski definition) is 4. The Bertz CT molecular complexity index is 817. The van der Waals surface area contributed by atoms with E-state index in [2.05, 4.69) is 12.2 Å². The van der Waals surface area contributed by atoms with E-state index in [9.17, 15) is 9.59 Å². The summed E-state index contributed by atoms with van der Waals surface area (Å²) in [6.45, 7) is 3.70. The molecule has 0 saturated carbocycles. The van der Waals surface area contributed by atoms with Crippen molar-refractivity contribution in [1.82, 2.24) is 0 Å². The number of rotatable bonds is 5. The molecule has 6 nitrogen and oxygen atoms in total. The fraction of sp³-hybridized carbons (Fsp3) is 0.300. The van der Waals surface area contributed by atoms with Gasteiger partial charge in [-0.1, -0.05) is 19.1 Å². The van der Waals surface area contributed by atoms with Crippen LogP contribution in [0.4, 0.5) is 11.4 Å². The number of fused-ring (bicyclic) bond motifs is 1. The van der Waals surface area contributed by atoms with Gasteiger partial charge in [0.05, 0.1) is 5.69 Å².